The standard InChI is InChI=1S/7CH2NO.57CH4.7H3N.7H3P.8H2S.7Y/c7*2-1-3;;;;;;;;;;;;;;;;;;;;;;;;;;;;;;;;;;;;;;;;;;;;;;;;;;;;;;;;;;;;;;;;;;;;;;;;;;;;;;;;;;;;;;/h7*(H2,2,3);57*1H4;14*1H3;8*1H2;;;;;;;/q7*-1;;;;;;;;;;;;;;;;;;;;;;;;;;;;;;;;;;;;;;;;;;;;;;;;;;;;;;;;;;;;;;;;;;;;;;;;;;;;;;;;;;;;;;. The predicted octanol–water partition coefficient (Wildman–Crippen LogP) is 31.8. The van der Waals surface area contributed by atoms with Crippen molar-refractivity contribution in [1.29, 1.82) is 0 Å². The molecule has 0 saturated carbocycles. The molecule has 0 bridgehead atoms. The number of hydrogen-bond acceptors (Lipinski definition) is 14. The number of carbonyl (C=O) groups excluding carboxylic acids is 7. The maximum absolute atomic E-state index is 8.46. The maximum atomic E-state index is 8.46. The van der Waals surface area contributed by atoms with Crippen molar-refractivity contribution in [2.75, 3.05) is 0 Å². The largest absolute Gasteiger partial charge is 0.543 e. The Balaban J connectivity index is -0.000000000207. The van der Waals surface area contributed by atoms with Gasteiger partial charge in [0, 0.05) is 229 Å². The minimum atomic E-state index is 0. The molecule has 0 aromatic carbocycles. The fourth-order valence-corrected chi connectivity index (χ4v) is 0. The van der Waals surface area contributed by atoms with Crippen LogP contribution in [0, 0.1) is 0 Å². The molecule has 107 heavy (non-hydrogen) atoms. The van der Waals surface area contributed by atoms with Crippen molar-refractivity contribution < 1.29 is 263 Å². The molecular weight excluding hydrogens is 2170 g/mol. The number of primary amides is 7. The van der Waals surface area contributed by atoms with Crippen LogP contribution >= 0.6 is 177 Å². The number of amides is 7. The first-order valence-corrected chi connectivity index (χ1v) is 3.45. The van der Waals surface area contributed by atoms with Gasteiger partial charge in [-0.15, -0.1) is 0 Å². The van der Waals surface area contributed by atoms with Crippen molar-refractivity contribution >= 4 is 222 Å². The van der Waals surface area contributed by atoms with Gasteiger partial charge in [0.25, 0.3) is 0 Å². The molecule has 0 saturated heterocycles. The van der Waals surface area contributed by atoms with E-state index in [4.69, 9.17) is 33.6 Å². The number of nitrogens with two attached hydrogens (primary N) is 7. The first-order valence-electron chi connectivity index (χ1n) is 3.45. The molecule has 35 N–H and O–H groups in total. The summed E-state index contributed by atoms with van der Waals surface area (Å²) in [5.74, 6) is 0. The van der Waals surface area contributed by atoms with E-state index in [9.17, 15) is 0 Å². The Morgan fingerprint density at radius 1 is 0.103 bits per heavy atom. The molecule has 7 unspecified atom stereocenters. The Morgan fingerprint density at radius 3 is 0.103 bits per heavy atom. The molecule has 7 atom stereocenters. The first kappa shape index (κ1) is 2810. The van der Waals surface area contributed by atoms with Gasteiger partial charge < -0.3 is 117 Å². The van der Waals surface area contributed by atoms with E-state index in [0.717, 1.165) is 44.9 Å². The van der Waals surface area contributed by atoms with E-state index < -0.39 is 0 Å². The molecule has 0 rings (SSSR count). The van der Waals surface area contributed by atoms with Gasteiger partial charge in [-0.3, -0.25) is 0 Å². The quantitative estimate of drug-likeness (QED) is 0.0609. The molecule has 7 radical (unpaired) electrons. The van der Waals surface area contributed by atoms with E-state index in [1.54, 1.807) is 0 Å². The van der Waals surface area contributed by atoms with Gasteiger partial charge in [-0.25, -0.2) is 0 Å². The second-order valence-electron chi connectivity index (χ2n) is 0.825. The zero-order valence-electron chi connectivity index (χ0n) is 28.3. The van der Waals surface area contributed by atoms with Crippen molar-refractivity contribution in [1.82, 2.24) is 43.1 Å². The topological polar surface area (TPSA) is 547 Å². The normalized spacial score (nSPS) is 0.785. The van der Waals surface area contributed by atoms with Crippen molar-refractivity contribution in [2.24, 2.45) is 40.1 Å². The second-order valence-corrected chi connectivity index (χ2v) is 0.825. The number of rotatable bonds is 0. The Labute approximate surface area is 976 Å². The van der Waals surface area contributed by atoms with Crippen LogP contribution in [0.15, 0.2) is 0 Å². The first-order chi connectivity index (χ1) is 9.90. The van der Waals surface area contributed by atoms with Crippen LogP contribution in [0.5, 0.6) is 0 Å². The molecule has 0 aromatic heterocycles. The summed E-state index contributed by atoms with van der Waals surface area (Å²) in [7, 11) is 0. The Kier molecular flexibility index (Phi) is 145000. The van der Waals surface area contributed by atoms with Crippen LogP contribution in [0.1, 0.15) is 423 Å². The third-order valence-corrected chi connectivity index (χ3v) is 0. The third kappa shape index (κ3) is 16300. The molecule has 779 valence electrons. The maximum Gasteiger partial charge on any atom is 0 e. The average molecular weight is 2470 g/mol. The molecule has 0 fully saturated rings. The van der Waals surface area contributed by atoms with E-state index in [-0.39, 0.29) is 873 Å². The van der Waals surface area contributed by atoms with Crippen LogP contribution < -0.4 is 83.2 Å². The Morgan fingerprint density at radius 2 is 0.103 bits per heavy atom. The summed E-state index contributed by atoms with van der Waals surface area (Å²) in [6.45, 7) is 0. The fourth-order valence-electron chi connectivity index (χ4n) is 0. The van der Waals surface area contributed by atoms with Gasteiger partial charge in [-0.1, -0.05) is 423 Å². The van der Waals surface area contributed by atoms with E-state index in [0.29, 0.717) is 0 Å². The summed E-state index contributed by atoms with van der Waals surface area (Å²) in [6.07, 6.45) is 7.00. The van der Waals surface area contributed by atoms with Crippen molar-refractivity contribution in [3.8, 4) is 0 Å². The van der Waals surface area contributed by atoms with Gasteiger partial charge >= 0.3 is 0 Å². The Hall–Kier alpha value is 9.55. The monoisotopic (exact) mass is 2470 g/mol. The molecule has 7 amide bonds. The summed E-state index contributed by atoms with van der Waals surface area (Å²) >= 11 is 0. The zero-order valence-corrected chi connectivity index (χ0v) is 66.1. The van der Waals surface area contributed by atoms with Crippen LogP contribution in [0.25, 0.3) is 0 Å². The SMILES string of the molecule is C.C.C.C.C.C.C.C.C.C.C.C.C.C.C.C.C.C.C.C.C.C.C.C.C.C.C.C.C.C.C.C.C.C.C.C.C.C.C.C.C.C.C.C.C.C.C.C.C.C.C.C.C.C.C.C.C.N.N.N.N.N.N.N.N[C-]=O.N[C-]=O.N[C-]=O.N[C-]=O.N[C-]=O.N[C-]=O.N[C-]=O.P.P.P.P.P.P.P.S.S.S.S.S.S.S.S.[Y].[Y].[Y].[Y].[Y].[Y].[Y]. The molecule has 0 aliphatic carbocycles. The summed E-state index contributed by atoms with van der Waals surface area (Å²) in [6, 6.07) is 0. The second kappa shape index (κ2) is 5540. The molecule has 21 nitrogen and oxygen atoms in total. The minimum Gasteiger partial charge on any atom is -0.543 e. The summed E-state index contributed by atoms with van der Waals surface area (Å²) in [4.78, 5) is 59.2. The van der Waals surface area contributed by atoms with Crippen LogP contribution in [0.4, 0.5) is 0 Å². The van der Waals surface area contributed by atoms with Crippen LogP contribution in [-0.4, -0.2) is 44.9 Å². The molecule has 0 aliphatic rings. The van der Waals surface area contributed by atoms with E-state index in [2.05, 4.69) is 40.1 Å². The smallest absolute Gasteiger partial charge is 0 e. The molecule has 0 spiro atoms. The molecule has 0 aliphatic heterocycles. The summed E-state index contributed by atoms with van der Waals surface area (Å²) in [5.41, 5.74) is 28.3. The van der Waals surface area contributed by atoms with E-state index in [1.165, 1.54) is 0 Å². The van der Waals surface area contributed by atoms with Gasteiger partial charge in [0.15, 0.2) is 0 Å². The summed E-state index contributed by atoms with van der Waals surface area (Å²) < 4.78 is 0. The van der Waals surface area contributed by atoms with Gasteiger partial charge in [0.05, 0.1) is 0 Å². The molecular formula is C64H300N14O7P7S8Y7-7. The molecule has 0 heterocycles. The van der Waals surface area contributed by atoms with E-state index >= 15 is 0 Å². The van der Waals surface area contributed by atoms with Gasteiger partial charge in [0.2, 0.25) is 0 Å². The predicted molar refractivity (Wildman–Crippen MR) is 649 cm³/mol. The van der Waals surface area contributed by atoms with Crippen LogP contribution in [0.3, 0.4) is 0 Å². The van der Waals surface area contributed by atoms with Crippen molar-refractivity contribution in [3.05, 3.63) is 0 Å². The third-order valence-electron chi connectivity index (χ3n) is 0. The molecule has 43 heteroatoms. The van der Waals surface area contributed by atoms with Crippen LogP contribution in [0.2, 0.25) is 0 Å². The minimum absolute atomic E-state index is 0. The molecule has 0 aromatic rings. The summed E-state index contributed by atoms with van der Waals surface area (Å²) in [5, 5.41) is 0. The number of hydrogen-bond donors (Lipinski definition) is 14. The Bertz CT molecular complexity index is 313. The van der Waals surface area contributed by atoms with Crippen molar-refractivity contribution in [2.45, 2.75) is 423 Å². The van der Waals surface area contributed by atoms with Crippen LogP contribution in [-0.2, 0) is 263 Å². The van der Waals surface area contributed by atoms with E-state index in [1.807, 2.05) is 0 Å². The van der Waals surface area contributed by atoms with Crippen molar-refractivity contribution in [3.63, 3.8) is 0 Å². The average Bonchev–Trinajstić information content (AvgIpc) is 2.35. The zero-order chi connectivity index (χ0) is 18.9. The fraction of sp³-hybridized carbons (Fsp3) is 0.891. The van der Waals surface area contributed by atoms with Gasteiger partial charge in [-0.2, -0.15) is 222 Å². The van der Waals surface area contributed by atoms with Gasteiger partial charge in [-0.05, 0) is 0 Å². The van der Waals surface area contributed by atoms with Gasteiger partial charge in [0.1, 0.15) is 0 Å².